The maximum absolute atomic E-state index is 3.56. The van der Waals surface area contributed by atoms with Crippen LogP contribution in [0.3, 0.4) is 0 Å². The number of rotatable bonds is 0. The molecule has 4 N–H and O–H groups in total. The summed E-state index contributed by atoms with van der Waals surface area (Å²) in [5.74, 6) is 0. The van der Waals surface area contributed by atoms with Crippen molar-refractivity contribution in [2.24, 2.45) is 0 Å². The van der Waals surface area contributed by atoms with Crippen LogP contribution in [0.15, 0.2) is 25.3 Å². The van der Waals surface area contributed by atoms with Crippen molar-refractivity contribution in [3.05, 3.63) is 25.3 Å². The first kappa shape index (κ1) is 9.24. The van der Waals surface area contributed by atoms with Crippen molar-refractivity contribution in [3.8, 4) is 0 Å². The Balaban J connectivity index is 0.000000167. The molecule has 7 nitrogen and oxygen atoms in total. The molecule has 2 aromatic rings. The Kier molecular flexibility index (Phi) is 5.34. The molecular formula is C4H8N6O. The van der Waals surface area contributed by atoms with Crippen LogP contribution in [0.1, 0.15) is 0 Å². The molecular weight excluding hydrogens is 148 g/mol. The molecule has 0 aliphatic carbocycles. The number of hydrogen-bond donors (Lipinski definition) is 2. The smallest absolute Gasteiger partial charge is 0.137 e. The maximum atomic E-state index is 3.56. The van der Waals surface area contributed by atoms with Crippen LogP contribution in [-0.2, 0) is 0 Å². The van der Waals surface area contributed by atoms with Gasteiger partial charge in [-0.1, -0.05) is 0 Å². The van der Waals surface area contributed by atoms with E-state index in [1.807, 2.05) is 0 Å². The quantitative estimate of drug-likeness (QED) is 0.497. The van der Waals surface area contributed by atoms with Crippen molar-refractivity contribution < 1.29 is 5.48 Å². The van der Waals surface area contributed by atoms with E-state index >= 15 is 0 Å². The molecule has 2 heterocycles. The van der Waals surface area contributed by atoms with E-state index in [0.717, 1.165) is 0 Å². The highest BCUT2D eigenvalue weighted by atomic mass is 16.0. The molecule has 0 saturated heterocycles. The van der Waals surface area contributed by atoms with Crippen molar-refractivity contribution in [1.82, 2.24) is 30.4 Å². The van der Waals surface area contributed by atoms with Crippen molar-refractivity contribution >= 4 is 0 Å². The van der Waals surface area contributed by atoms with Crippen LogP contribution in [0.2, 0.25) is 0 Å². The zero-order valence-electron chi connectivity index (χ0n) is 5.60. The predicted molar refractivity (Wildman–Crippen MR) is 36.4 cm³/mol. The standard InChI is InChI=1S/2C2H3N3.H2O/c2*1-3-2-5-4-1;/h2*1-2H,(H,3,4,5);1H2. The molecule has 2 aromatic heterocycles. The third-order valence-corrected chi connectivity index (χ3v) is 0.662. The van der Waals surface area contributed by atoms with E-state index in [-0.39, 0.29) is 5.48 Å². The Morgan fingerprint density at radius 3 is 1.36 bits per heavy atom. The minimum absolute atomic E-state index is 0. The van der Waals surface area contributed by atoms with Crippen LogP contribution in [0, 0.1) is 0 Å². The van der Waals surface area contributed by atoms with Crippen LogP contribution < -0.4 is 0 Å². The summed E-state index contributed by atoms with van der Waals surface area (Å²) >= 11 is 0. The van der Waals surface area contributed by atoms with Crippen molar-refractivity contribution in [2.75, 3.05) is 0 Å². The lowest BCUT2D eigenvalue weighted by molar-refractivity contribution is 0.824. The van der Waals surface area contributed by atoms with Gasteiger partial charge in [-0.3, -0.25) is 10.2 Å². The van der Waals surface area contributed by atoms with Gasteiger partial charge in [-0.05, 0) is 0 Å². The lowest BCUT2D eigenvalue weighted by Gasteiger charge is -1.46. The highest BCUT2D eigenvalue weighted by Gasteiger charge is 1.57. The van der Waals surface area contributed by atoms with E-state index in [1.165, 1.54) is 25.3 Å². The van der Waals surface area contributed by atoms with Gasteiger partial charge < -0.3 is 5.48 Å². The lowest BCUT2D eigenvalue weighted by atomic mass is 11.3. The number of nitrogens with zero attached hydrogens (tertiary/aromatic N) is 4. The van der Waals surface area contributed by atoms with Gasteiger partial charge in [0, 0.05) is 0 Å². The SMILES string of the molecule is O.c1nc[nH]n1.c1nc[nH]n1. The fraction of sp³-hybridized carbons (Fsp3) is 0. The van der Waals surface area contributed by atoms with Gasteiger partial charge in [-0.25, -0.2) is 9.97 Å². The molecule has 0 spiro atoms. The molecule has 0 aliphatic heterocycles. The van der Waals surface area contributed by atoms with E-state index in [9.17, 15) is 0 Å². The third-order valence-electron chi connectivity index (χ3n) is 0.662. The van der Waals surface area contributed by atoms with Gasteiger partial charge in [0.1, 0.15) is 25.3 Å². The summed E-state index contributed by atoms with van der Waals surface area (Å²) in [4.78, 5) is 7.11. The predicted octanol–water partition coefficient (Wildman–Crippen LogP) is -1.22. The molecule has 11 heavy (non-hydrogen) atoms. The lowest BCUT2D eigenvalue weighted by Crippen LogP contribution is -1.53. The van der Waals surface area contributed by atoms with Gasteiger partial charge in [-0.2, -0.15) is 10.2 Å². The Labute approximate surface area is 62.2 Å². The van der Waals surface area contributed by atoms with Crippen LogP contribution >= 0.6 is 0 Å². The molecule has 0 aliphatic rings. The maximum Gasteiger partial charge on any atom is 0.137 e. The molecule has 0 amide bonds. The summed E-state index contributed by atoms with van der Waals surface area (Å²) in [6, 6.07) is 0. The van der Waals surface area contributed by atoms with Gasteiger partial charge in [0.05, 0.1) is 0 Å². The van der Waals surface area contributed by atoms with Gasteiger partial charge >= 0.3 is 0 Å². The van der Waals surface area contributed by atoms with E-state index < -0.39 is 0 Å². The topological polar surface area (TPSA) is 115 Å². The first-order valence-electron chi connectivity index (χ1n) is 2.57. The van der Waals surface area contributed by atoms with Crippen LogP contribution in [-0.4, -0.2) is 35.8 Å². The van der Waals surface area contributed by atoms with Crippen LogP contribution in [0.4, 0.5) is 0 Å². The average molecular weight is 156 g/mol. The van der Waals surface area contributed by atoms with Gasteiger partial charge in [0.15, 0.2) is 0 Å². The molecule has 0 radical (unpaired) electrons. The second kappa shape index (κ2) is 6.36. The monoisotopic (exact) mass is 156 g/mol. The third kappa shape index (κ3) is 4.73. The number of aromatic amines is 2. The summed E-state index contributed by atoms with van der Waals surface area (Å²) in [6.07, 6.45) is 5.92. The molecule has 0 unspecified atom stereocenters. The average Bonchev–Trinajstić information content (AvgIpc) is 2.67. The van der Waals surface area contributed by atoms with Gasteiger partial charge in [-0.15, -0.1) is 0 Å². The molecule has 0 fully saturated rings. The van der Waals surface area contributed by atoms with E-state index in [4.69, 9.17) is 0 Å². The molecule has 0 aromatic carbocycles. The number of aromatic nitrogens is 6. The Hall–Kier alpha value is -1.76. The van der Waals surface area contributed by atoms with Crippen molar-refractivity contribution in [1.29, 1.82) is 0 Å². The second-order valence-corrected chi connectivity index (χ2v) is 1.30. The fourth-order valence-electron chi connectivity index (χ4n) is 0.333. The van der Waals surface area contributed by atoms with Crippen molar-refractivity contribution in [3.63, 3.8) is 0 Å². The Morgan fingerprint density at radius 2 is 1.27 bits per heavy atom. The highest BCUT2D eigenvalue weighted by molar-refractivity contribution is 4.43. The van der Waals surface area contributed by atoms with Crippen molar-refractivity contribution in [2.45, 2.75) is 0 Å². The van der Waals surface area contributed by atoms with E-state index in [0.29, 0.717) is 0 Å². The summed E-state index contributed by atoms with van der Waals surface area (Å²) in [5, 5.41) is 12.0. The summed E-state index contributed by atoms with van der Waals surface area (Å²) in [7, 11) is 0. The van der Waals surface area contributed by atoms with Crippen LogP contribution in [0.25, 0.3) is 0 Å². The van der Waals surface area contributed by atoms with Gasteiger partial charge in [0.25, 0.3) is 0 Å². The first-order chi connectivity index (χ1) is 5.00. The second-order valence-electron chi connectivity index (χ2n) is 1.30. The normalized spacial score (nSPS) is 7.27. The highest BCUT2D eigenvalue weighted by Crippen LogP contribution is 1.53. The van der Waals surface area contributed by atoms with Crippen LogP contribution in [0.5, 0.6) is 0 Å². The zero-order valence-corrected chi connectivity index (χ0v) is 5.60. The first-order valence-corrected chi connectivity index (χ1v) is 2.57. The molecule has 60 valence electrons. The Morgan fingerprint density at radius 1 is 0.818 bits per heavy atom. The molecule has 2 rings (SSSR count). The molecule has 0 atom stereocenters. The van der Waals surface area contributed by atoms with E-state index in [2.05, 4.69) is 30.4 Å². The van der Waals surface area contributed by atoms with Gasteiger partial charge in [0.2, 0.25) is 0 Å². The van der Waals surface area contributed by atoms with E-state index in [1.54, 1.807) is 0 Å². The zero-order chi connectivity index (χ0) is 7.07. The Bertz CT molecular complexity index is 154. The summed E-state index contributed by atoms with van der Waals surface area (Å²) < 4.78 is 0. The number of H-pyrrole nitrogens is 2. The molecule has 7 heteroatoms. The molecule has 0 saturated carbocycles. The minimum Gasteiger partial charge on any atom is -0.412 e. The number of nitrogens with one attached hydrogen (secondary N) is 2. The largest absolute Gasteiger partial charge is 0.412 e. The summed E-state index contributed by atoms with van der Waals surface area (Å²) in [6.45, 7) is 0. The number of hydrogen-bond acceptors (Lipinski definition) is 4. The molecule has 0 bridgehead atoms. The summed E-state index contributed by atoms with van der Waals surface area (Å²) in [5.41, 5.74) is 0. The fourth-order valence-corrected chi connectivity index (χ4v) is 0.333. The minimum atomic E-state index is 0.